The van der Waals surface area contributed by atoms with E-state index < -0.39 is 0 Å². The van der Waals surface area contributed by atoms with Crippen molar-refractivity contribution in [3.63, 3.8) is 0 Å². The predicted molar refractivity (Wildman–Crippen MR) is 49.1 cm³/mol. The summed E-state index contributed by atoms with van der Waals surface area (Å²) in [6.07, 6.45) is 3.07. The maximum absolute atomic E-state index is 5.50. The van der Waals surface area contributed by atoms with Crippen LogP contribution in [0.4, 0.5) is 0 Å². The zero-order valence-corrected chi connectivity index (χ0v) is 7.62. The van der Waals surface area contributed by atoms with Crippen LogP contribution in [0.5, 0.6) is 5.75 Å². The summed E-state index contributed by atoms with van der Waals surface area (Å²) in [4.78, 5) is 0. The second-order valence-electron chi connectivity index (χ2n) is 3.72. The smallest absolute Gasteiger partial charge is 0.122 e. The van der Waals surface area contributed by atoms with E-state index in [1.807, 2.05) is 6.07 Å². The van der Waals surface area contributed by atoms with Crippen molar-refractivity contribution in [2.24, 2.45) is 0 Å². The Balaban J connectivity index is 2.07. The number of hydrogen-bond acceptors (Lipinski definition) is 2. The Labute approximate surface area is 77.5 Å². The van der Waals surface area contributed by atoms with Crippen LogP contribution in [-0.4, -0.2) is 19.3 Å². The molecule has 0 radical (unpaired) electrons. The third-order valence-corrected chi connectivity index (χ3v) is 2.96. The first-order chi connectivity index (χ1) is 6.38. The van der Waals surface area contributed by atoms with E-state index in [0.717, 1.165) is 18.6 Å². The van der Waals surface area contributed by atoms with Crippen molar-refractivity contribution in [2.45, 2.75) is 25.0 Å². The highest BCUT2D eigenvalue weighted by molar-refractivity contribution is 5.44. The number of methoxy groups -OCH3 is 1. The Morgan fingerprint density at radius 2 is 2.15 bits per heavy atom. The van der Waals surface area contributed by atoms with Gasteiger partial charge in [0.05, 0.1) is 19.3 Å². The average Bonchev–Trinajstić information content (AvgIpc) is 2.91. The van der Waals surface area contributed by atoms with E-state index >= 15 is 0 Å². The van der Waals surface area contributed by atoms with Gasteiger partial charge in [0.25, 0.3) is 0 Å². The van der Waals surface area contributed by atoms with Gasteiger partial charge in [-0.2, -0.15) is 0 Å². The van der Waals surface area contributed by atoms with Crippen molar-refractivity contribution in [2.75, 3.05) is 7.11 Å². The summed E-state index contributed by atoms with van der Waals surface area (Å²) < 4.78 is 10.8. The number of ether oxygens (including phenoxy) is 2. The van der Waals surface area contributed by atoms with Gasteiger partial charge in [0.2, 0.25) is 0 Å². The Hall–Kier alpha value is -1.02. The molecule has 0 unspecified atom stereocenters. The highest BCUT2D eigenvalue weighted by Gasteiger charge is 2.43. The Morgan fingerprint density at radius 3 is 3.00 bits per heavy atom. The van der Waals surface area contributed by atoms with Crippen molar-refractivity contribution in [3.05, 3.63) is 29.3 Å². The number of epoxide rings is 1. The fraction of sp³-hybridized carbons (Fsp3) is 0.455. The lowest BCUT2D eigenvalue weighted by molar-refractivity contribution is 0.372. The molecule has 0 saturated carbocycles. The van der Waals surface area contributed by atoms with E-state index in [4.69, 9.17) is 9.47 Å². The summed E-state index contributed by atoms with van der Waals surface area (Å²) in [6.45, 7) is 0. The van der Waals surface area contributed by atoms with Gasteiger partial charge in [-0.1, -0.05) is 12.1 Å². The molecule has 1 aromatic carbocycles. The Morgan fingerprint density at radius 1 is 1.31 bits per heavy atom. The molecular weight excluding hydrogens is 164 g/mol. The standard InChI is InChI=1S/C11H12O2/c1-12-9-4-2-3-7-5-10-11(13-10)6-8(7)9/h2-4,10-11H,5-6H2,1H3/t10-,11+/m0/s1. The van der Waals surface area contributed by atoms with Crippen LogP contribution in [0.1, 0.15) is 11.1 Å². The molecule has 1 aliphatic carbocycles. The van der Waals surface area contributed by atoms with Gasteiger partial charge in [-0.3, -0.25) is 0 Å². The van der Waals surface area contributed by atoms with E-state index in [2.05, 4.69) is 12.1 Å². The summed E-state index contributed by atoms with van der Waals surface area (Å²) in [5.41, 5.74) is 2.75. The lowest BCUT2D eigenvalue weighted by Gasteiger charge is -2.15. The van der Waals surface area contributed by atoms with Crippen molar-refractivity contribution in [1.82, 2.24) is 0 Å². The van der Waals surface area contributed by atoms with Crippen LogP contribution in [0.3, 0.4) is 0 Å². The third kappa shape index (κ3) is 1.05. The van der Waals surface area contributed by atoms with E-state index in [-0.39, 0.29) is 0 Å². The molecule has 1 saturated heterocycles. The van der Waals surface area contributed by atoms with E-state index in [9.17, 15) is 0 Å². The van der Waals surface area contributed by atoms with Crippen LogP contribution in [0, 0.1) is 0 Å². The van der Waals surface area contributed by atoms with Crippen LogP contribution in [0.25, 0.3) is 0 Å². The first-order valence-corrected chi connectivity index (χ1v) is 4.68. The fourth-order valence-electron chi connectivity index (χ4n) is 2.18. The fourth-order valence-corrected chi connectivity index (χ4v) is 2.18. The summed E-state index contributed by atoms with van der Waals surface area (Å²) >= 11 is 0. The van der Waals surface area contributed by atoms with Crippen molar-refractivity contribution in [1.29, 1.82) is 0 Å². The number of hydrogen-bond donors (Lipinski definition) is 0. The van der Waals surface area contributed by atoms with Crippen molar-refractivity contribution in [3.8, 4) is 5.75 Å². The lowest BCUT2D eigenvalue weighted by atomic mass is 9.91. The molecule has 1 heterocycles. The van der Waals surface area contributed by atoms with Crippen LogP contribution in [-0.2, 0) is 17.6 Å². The van der Waals surface area contributed by atoms with Gasteiger partial charge in [-0.15, -0.1) is 0 Å². The molecule has 0 N–H and O–H groups in total. The van der Waals surface area contributed by atoms with Gasteiger partial charge in [-0.05, 0) is 11.6 Å². The van der Waals surface area contributed by atoms with Crippen LogP contribution < -0.4 is 4.74 Å². The van der Waals surface area contributed by atoms with E-state index in [1.165, 1.54) is 11.1 Å². The van der Waals surface area contributed by atoms with E-state index in [1.54, 1.807) is 7.11 Å². The second-order valence-corrected chi connectivity index (χ2v) is 3.72. The Kier molecular flexibility index (Phi) is 1.41. The molecule has 1 aliphatic heterocycles. The van der Waals surface area contributed by atoms with Gasteiger partial charge >= 0.3 is 0 Å². The lowest BCUT2D eigenvalue weighted by Crippen LogP contribution is -2.12. The SMILES string of the molecule is COc1cccc2c1C[C@H]1O[C@H]1C2. The maximum Gasteiger partial charge on any atom is 0.122 e. The number of benzene rings is 1. The quantitative estimate of drug-likeness (QED) is 0.606. The maximum atomic E-state index is 5.50. The number of rotatable bonds is 1. The third-order valence-electron chi connectivity index (χ3n) is 2.96. The molecule has 1 aromatic rings. The molecule has 2 heteroatoms. The highest BCUT2D eigenvalue weighted by atomic mass is 16.6. The van der Waals surface area contributed by atoms with Crippen molar-refractivity contribution >= 4 is 0 Å². The summed E-state index contributed by atoms with van der Waals surface area (Å²) in [6, 6.07) is 6.26. The minimum atomic E-state index is 0.476. The van der Waals surface area contributed by atoms with Crippen LogP contribution in [0.2, 0.25) is 0 Å². The molecule has 0 bridgehead atoms. The molecule has 0 aromatic heterocycles. The Bertz CT molecular complexity index is 346. The molecule has 13 heavy (non-hydrogen) atoms. The molecule has 3 rings (SSSR count). The molecule has 2 nitrogen and oxygen atoms in total. The molecule has 0 amide bonds. The van der Waals surface area contributed by atoms with Gasteiger partial charge in [0.1, 0.15) is 5.75 Å². The number of fused-ring (bicyclic) bond motifs is 2. The van der Waals surface area contributed by atoms with Gasteiger partial charge in [0, 0.05) is 18.4 Å². The summed E-state index contributed by atoms with van der Waals surface area (Å²) in [7, 11) is 1.73. The molecular formula is C11H12O2. The molecule has 68 valence electrons. The minimum Gasteiger partial charge on any atom is -0.496 e. The summed E-state index contributed by atoms with van der Waals surface area (Å²) in [5, 5.41) is 0. The molecule has 2 atom stereocenters. The van der Waals surface area contributed by atoms with Gasteiger partial charge < -0.3 is 9.47 Å². The van der Waals surface area contributed by atoms with Gasteiger partial charge in [0.15, 0.2) is 0 Å². The van der Waals surface area contributed by atoms with Crippen molar-refractivity contribution < 1.29 is 9.47 Å². The van der Waals surface area contributed by atoms with Crippen LogP contribution >= 0.6 is 0 Å². The topological polar surface area (TPSA) is 21.8 Å². The predicted octanol–water partition coefficient (Wildman–Crippen LogP) is 1.56. The monoisotopic (exact) mass is 176 g/mol. The zero-order valence-electron chi connectivity index (χ0n) is 7.62. The molecule has 1 fully saturated rings. The van der Waals surface area contributed by atoms with Gasteiger partial charge in [-0.25, -0.2) is 0 Å². The zero-order chi connectivity index (χ0) is 8.84. The summed E-state index contributed by atoms with van der Waals surface area (Å²) in [5.74, 6) is 1.02. The normalized spacial score (nSPS) is 29.0. The second kappa shape index (κ2) is 2.48. The largest absolute Gasteiger partial charge is 0.496 e. The van der Waals surface area contributed by atoms with Crippen LogP contribution in [0.15, 0.2) is 18.2 Å². The average molecular weight is 176 g/mol. The highest BCUT2D eigenvalue weighted by Crippen LogP contribution is 2.39. The molecule has 2 aliphatic rings. The molecule has 0 spiro atoms. The minimum absolute atomic E-state index is 0.476. The first-order valence-electron chi connectivity index (χ1n) is 4.68. The first kappa shape index (κ1) is 7.39. The van der Waals surface area contributed by atoms with E-state index in [0.29, 0.717) is 12.2 Å².